The molecule has 0 aliphatic rings. The van der Waals surface area contributed by atoms with Crippen LogP contribution in [0.5, 0.6) is 0 Å². The fourth-order valence-corrected chi connectivity index (χ4v) is 2.73. The minimum atomic E-state index is -0.203. The third-order valence-electron chi connectivity index (χ3n) is 3.83. The van der Waals surface area contributed by atoms with Crippen LogP contribution in [-0.2, 0) is 0 Å². The number of hydrogen-bond donors (Lipinski definition) is 1. The Morgan fingerprint density at radius 2 is 1.88 bits per heavy atom. The molecule has 122 valence electrons. The number of carbonyl (C=O) groups excluding carboxylic acids is 1. The minimum absolute atomic E-state index is 0.0617. The van der Waals surface area contributed by atoms with Gasteiger partial charge in [0.25, 0.3) is 5.91 Å². The van der Waals surface area contributed by atoms with E-state index in [1.54, 1.807) is 29.4 Å². The fraction of sp³-hybridized carbons (Fsp3) is 0.167. The highest BCUT2D eigenvalue weighted by Crippen LogP contribution is 2.22. The summed E-state index contributed by atoms with van der Waals surface area (Å²) in [5.41, 5.74) is 2.28. The van der Waals surface area contributed by atoms with E-state index >= 15 is 0 Å². The van der Waals surface area contributed by atoms with E-state index in [-0.39, 0.29) is 11.9 Å². The molecule has 1 amide bonds. The Hall–Kier alpha value is -2.66. The van der Waals surface area contributed by atoms with Crippen molar-refractivity contribution in [3.8, 4) is 5.69 Å². The minimum Gasteiger partial charge on any atom is -0.345 e. The topological polar surface area (TPSA) is 59.8 Å². The van der Waals surface area contributed by atoms with Crippen LogP contribution < -0.4 is 5.32 Å². The van der Waals surface area contributed by atoms with Gasteiger partial charge in [-0.1, -0.05) is 48.9 Å². The molecule has 0 radical (unpaired) electrons. The van der Waals surface area contributed by atoms with Crippen molar-refractivity contribution in [2.75, 3.05) is 0 Å². The number of nitrogens with zero attached hydrogens (tertiary/aromatic N) is 3. The van der Waals surface area contributed by atoms with Gasteiger partial charge in [-0.2, -0.15) is 0 Å². The molecule has 5 nitrogen and oxygen atoms in total. The largest absolute Gasteiger partial charge is 0.345 e. The van der Waals surface area contributed by atoms with Gasteiger partial charge in [-0.3, -0.25) is 9.36 Å². The molecule has 0 saturated heterocycles. The summed E-state index contributed by atoms with van der Waals surface area (Å²) in [7, 11) is 0. The zero-order chi connectivity index (χ0) is 16.9. The van der Waals surface area contributed by atoms with Crippen LogP contribution in [0, 0.1) is 0 Å². The first kappa shape index (κ1) is 16.2. The van der Waals surface area contributed by atoms with Crippen LogP contribution >= 0.6 is 11.6 Å². The number of halogens is 1. The summed E-state index contributed by atoms with van der Waals surface area (Å²) in [5, 5.41) is 11.0. The quantitative estimate of drug-likeness (QED) is 0.768. The molecule has 1 N–H and O–H groups in total. The Kier molecular flexibility index (Phi) is 4.91. The molecule has 0 fully saturated rings. The molecule has 3 rings (SSSR count). The van der Waals surface area contributed by atoms with Crippen LogP contribution in [0.2, 0.25) is 5.02 Å². The average Bonchev–Trinajstić information content (AvgIpc) is 3.15. The van der Waals surface area contributed by atoms with Gasteiger partial charge in [-0.15, -0.1) is 10.2 Å². The average molecular weight is 341 g/mol. The SMILES string of the molecule is CC[C@H](NC(=O)c1cc(-n2cnnc2)ccc1Cl)c1ccccc1. The lowest BCUT2D eigenvalue weighted by molar-refractivity contribution is 0.0935. The van der Waals surface area contributed by atoms with Gasteiger partial charge in [-0.05, 0) is 30.2 Å². The van der Waals surface area contributed by atoms with Gasteiger partial charge < -0.3 is 5.32 Å². The van der Waals surface area contributed by atoms with Gasteiger partial charge in [0.2, 0.25) is 0 Å². The second-order valence-corrected chi connectivity index (χ2v) is 5.79. The summed E-state index contributed by atoms with van der Waals surface area (Å²) >= 11 is 6.22. The van der Waals surface area contributed by atoms with Gasteiger partial charge in [0.15, 0.2) is 0 Å². The first-order chi connectivity index (χ1) is 11.7. The number of hydrogen-bond acceptors (Lipinski definition) is 3. The van der Waals surface area contributed by atoms with Crippen molar-refractivity contribution in [1.82, 2.24) is 20.1 Å². The predicted octanol–water partition coefficient (Wildman–Crippen LogP) is 3.80. The Bertz CT molecular complexity index is 818. The molecule has 0 bridgehead atoms. The van der Waals surface area contributed by atoms with Gasteiger partial charge in [0, 0.05) is 5.69 Å². The fourth-order valence-electron chi connectivity index (χ4n) is 2.52. The van der Waals surface area contributed by atoms with E-state index in [0.717, 1.165) is 17.7 Å². The summed E-state index contributed by atoms with van der Waals surface area (Å²) in [5.74, 6) is -0.203. The van der Waals surface area contributed by atoms with E-state index in [1.807, 2.05) is 43.3 Å². The maximum absolute atomic E-state index is 12.7. The van der Waals surface area contributed by atoms with E-state index < -0.39 is 0 Å². The molecule has 1 atom stereocenters. The Morgan fingerprint density at radius 3 is 2.54 bits per heavy atom. The number of amides is 1. The molecule has 0 spiro atoms. The molecule has 0 aliphatic carbocycles. The first-order valence-corrected chi connectivity index (χ1v) is 8.07. The molecule has 1 heterocycles. The summed E-state index contributed by atoms with van der Waals surface area (Å²) in [6.45, 7) is 2.03. The van der Waals surface area contributed by atoms with Crippen LogP contribution in [0.1, 0.15) is 35.3 Å². The molecule has 0 unspecified atom stereocenters. The molecule has 24 heavy (non-hydrogen) atoms. The standard InChI is InChI=1S/C18H17ClN4O/c1-2-17(13-6-4-3-5-7-13)22-18(24)15-10-14(8-9-16(15)19)23-11-20-21-12-23/h3-12,17H,2H2,1H3,(H,22,24)/t17-/m0/s1. The van der Waals surface area contributed by atoms with E-state index in [9.17, 15) is 4.79 Å². The Balaban J connectivity index is 1.85. The van der Waals surface area contributed by atoms with Crippen molar-refractivity contribution in [3.63, 3.8) is 0 Å². The van der Waals surface area contributed by atoms with E-state index in [1.165, 1.54) is 0 Å². The monoisotopic (exact) mass is 340 g/mol. The first-order valence-electron chi connectivity index (χ1n) is 7.69. The number of rotatable bonds is 5. The van der Waals surface area contributed by atoms with Gasteiger partial charge in [0.05, 0.1) is 16.6 Å². The number of nitrogens with one attached hydrogen (secondary N) is 1. The van der Waals surface area contributed by atoms with Crippen molar-refractivity contribution in [2.24, 2.45) is 0 Å². The lowest BCUT2D eigenvalue weighted by Gasteiger charge is -2.18. The molecular formula is C18H17ClN4O. The van der Waals surface area contributed by atoms with Crippen LogP contribution in [0.3, 0.4) is 0 Å². The van der Waals surface area contributed by atoms with E-state index in [0.29, 0.717) is 10.6 Å². The number of benzene rings is 2. The van der Waals surface area contributed by atoms with Crippen LogP contribution in [0.15, 0.2) is 61.2 Å². The molecular weight excluding hydrogens is 324 g/mol. The predicted molar refractivity (Wildman–Crippen MR) is 93.3 cm³/mol. The van der Waals surface area contributed by atoms with Crippen LogP contribution in [-0.4, -0.2) is 20.7 Å². The van der Waals surface area contributed by atoms with E-state index in [4.69, 9.17) is 11.6 Å². The van der Waals surface area contributed by atoms with Crippen molar-refractivity contribution in [1.29, 1.82) is 0 Å². The molecule has 3 aromatic rings. The lowest BCUT2D eigenvalue weighted by atomic mass is 10.0. The smallest absolute Gasteiger partial charge is 0.253 e. The summed E-state index contributed by atoms with van der Waals surface area (Å²) < 4.78 is 1.72. The van der Waals surface area contributed by atoms with Crippen molar-refractivity contribution in [3.05, 3.63) is 77.3 Å². The highest BCUT2D eigenvalue weighted by atomic mass is 35.5. The molecule has 6 heteroatoms. The third kappa shape index (κ3) is 3.46. The normalized spacial score (nSPS) is 11.9. The maximum atomic E-state index is 12.7. The van der Waals surface area contributed by atoms with Gasteiger partial charge >= 0.3 is 0 Å². The van der Waals surface area contributed by atoms with Crippen LogP contribution in [0.25, 0.3) is 5.69 Å². The van der Waals surface area contributed by atoms with Gasteiger partial charge in [-0.25, -0.2) is 0 Å². The Labute approximate surface area is 145 Å². The maximum Gasteiger partial charge on any atom is 0.253 e. The number of aromatic nitrogens is 3. The van der Waals surface area contributed by atoms with Crippen molar-refractivity contribution < 1.29 is 4.79 Å². The summed E-state index contributed by atoms with van der Waals surface area (Å²) in [6, 6.07) is 15.1. The van der Waals surface area contributed by atoms with Crippen molar-refractivity contribution in [2.45, 2.75) is 19.4 Å². The molecule has 2 aromatic carbocycles. The van der Waals surface area contributed by atoms with Gasteiger partial charge in [0.1, 0.15) is 12.7 Å². The molecule has 1 aromatic heterocycles. The van der Waals surface area contributed by atoms with Crippen molar-refractivity contribution >= 4 is 17.5 Å². The zero-order valence-corrected chi connectivity index (χ0v) is 13.9. The Morgan fingerprint density at radius 1 is 1.17 bits per heavy atom. The second kappa shape index (κ2) is 7.27. The summed E-state index contributed by atoms with van der Waals surface area (Å²) in [6.07, 6.45) is 3.94. The zero-order valence-electron chi connectivity index (χ0n) is 13.2. The highest BCUT2D eigenvalue weighted by Gasteiger charge is 2.17. The molecule has 0 saturated carbocycles. The van der Waals surface area contributed by atoms with Crippen LogP contribution in [0.4, 0.5) is 0 Å². The lowest BCUT2D eigenvalue weighted by Crippen LogP contribution is -2.28. The van der Waals surface area contributed by atoms with E-state index in [2.05, 4.69) is 15.5 Å². The number of carbonyl (C=O) groups is 1. The highest BCUT2D eigenvalue weighted by molar-refractivity contribution is 6.33. The molecule has 0 aliphatic heterocycles. The summed E-state index contributed by atoms with van der Waals surface area (Å²) in [4.78, 5) is 12.7. The second-order valence-electron chi connectivity index (χ2n) is 5.38. The third-order valence-corrected chi connectivity index (χ3v) is 4.16.